The standard InChI is InChI=1S/C28H22N2O5/c1-17-26(22-6-4-5-7-23(22)30-17)27(31)20(16-29)14-18-8-13-24(25(15-18)34-3)35-28(32)19-9-11-21(33-2)12-10-19/h4-15,30H,1-3H3. The van der Waals surface area contributed by atoms with E-state index in [2.05, 4.69) is 4.98 Å². The van der Waals surface area contributed by atoms with Crippen molar-refractivity contribution in [1.29, 1.82) is 5.26 Å². The molecule has 35 heavy (non-hydrogen) atoms. The van der Waals surface area contributed by atoms with Gasteiger partial charge < -0.3 is 19.2 Å². The zero-order valence-corrected chi connectivity index (χ0v) is 19.4. The molecule has 0 aliphatic heterocycles. The van der Waals surface area contributed by atoms with E-state index >= 15 is 0 Å². The number of aromatic amines is 1. The summed E-state index contributed by atoms with van der Waals surface area (Å²) in [6.45, 7) is 1.80. The molecule has 0 unspecified atom stereocenters. The lowest BCUT2D eigenvalue weighted by atomic mass is 9.99. The molecular weight excluding hydrogens is 444 g/mol. The van der Waals surface area contributed by atoms with Crippen molar-refractivity contribution < 1.29 is 23.8 Å². The smallest absolute Gasteiger partial charge is 0.343 e. The van der Waals surface area contributed by atoms with Gasteiger partial charge in [0.25, 0.3) is 0 Å². The average Bonchev–Trinajstić information content (AvgIpc) is 3.23. The Bertz CT molecular complexity index is 1490. The van der Waals surface area contributed by atoms with Crippen LogP contribution in [0.1, 0.15) is 32.0 Å². The van der Waals surface area contributed by atoms with E-state index < -0.39 is 5.97 Å². The highest BCUT2D eigenvalue weighted by atomic mass is 16.6. The van der Waals surface area contributed by atoms with Gasteiger partial charge in [0.05, 0.1) is 25.3 Å². The molecule has 0 saturated carbocycles. The summed E-state index contributed by atoms with van der Waals surface area (Å²) in [6.07, 6.45) is 1.49. The van der Waals surface area contributed by atoms with Gasteiger partial charge in [-0.2, -0.15) is 5.26 Å². The van der Waals surface area contributed by atoms with Crippen molar-refractivity contribution in [3.8, 4) is 23.3 Å². The number of benzene rings is 3. The number of Topliss-reactive ketones (excluding diaryl/α,β-unsaturated/α-hetero) is 1. The number of aromatic nitrogens is 1. The van der Waals surface area contributed by atoms with E-state index in [0.717, 1.165) is 10.9 Å². The van der Waals surface area contributed by atoms with Crippen LogP contribution in [-0.2, 0) is 0 Å². The number of rotatable bonds is 7. The van der Waals surface area contributed by atoms with Gasteiger partial charge in [-0.3, -0.25) is 4.79 Å². The number of nitriles is 1. The SMILES string of the molecule is COc1ccc(C(=O)Oc2ccc(C=C(C#N)C(=O)c3c(C)[nH]c4ccccc34)cc2OC)cc1. The van der Waals surface area contributed by atoms with Gasteiger partial charge in [0.1, 0.15) is 17.4 Å². The van der Waals surface area contributed by atoms with Crippen molar-refractivity contribution in [2.45, 2.75) is 6.92 Å². The average molecular weight is 466 g/mol. The molecule has 1 heterocycles. The third-order valence-electron chi connectivity index (χ3n) is 5.51. The van der Waals surface area contributed by atoms with Crippen LogP contribution in [0, 0.1) is 18.3 Å². The van der Waals surface area contributed by atoms with Crippen molar-refractivity contribution in [1.82, 2.24) is 4.98 Å². The second-order valence-electron chi connectivity index (χ2n) is 7.70. The molecule has 1 aromatic heterocycles. The summed E-state index contributed by atoms with van der Waals surface area (Å²) in [5.74, 6) is 0.186. The van der Waals surface area contributed by atoms with Crippen LogP contribution < -0.4 is 14.2 Å². The number of nitrogens with zero attached hydrogens (tertiary/aromatic N) is 1. The van der Waals surface area contributed by atoms with Gasteiger partial charge >= 0.3 is 5.97 Å². The van der Waals surface area contributed by atoms with Gasteiger partial charge in [-0.05, 0) is 61.0 Å². The molecule has 0 atom stereocenters. The summed E-state index contributed by atoms with van der Waals surface area (Å²) < 4.78 is 16.0. The quantitative estimate of drug-likeness (QED) is 0.127. The topological polar surface area (TPSA) is 101 Å². The van der Waals surface area contributed by atoms with E-state index in [9.17, 15) is 14.9 Å². The number of hydrogen-bond donors (Lipinski definition) is 1. The van der Waals surface area contributed by atoms with Crippen molar-refractivity contribution in [3.63, 3.8) is 0 Å². The molecule has 0 saturated heterocycles. The van der Waals surface area contributed by atoms with Gasteiger partial charge in [-0.1, -0.05) is 24.3 Å². The monoisotopic (exact) mass is 466 g/mol. The molecule has 174 valence electrons. The summed E-state index contributed by atoms with van der Waals surface area (Å²) in [5, 5.41) is 10.5. The number of fused-ring (bicyclic) bond motifs is 1. The first-order valence-corrected chi connectivity index (χ1v) is 10.7. The minimum atomic E-state index is -0.558. The highest BCUT2D eigenvalue weighted by Gasteiger charge is 2.20. The number of allylic oxidation sites excluding steroid dienone is 1. The van der Waals surface area contributed by atoms with Crippen LogP contribution in [-0.4, -0.2) is 31.0 Å². The molecule has 0 aliphatic rings. The van der Waals surface area contributed by atoms with Crippen LogP contribution in [0.25, 0.3) is 17.0 Å². The zero-order chi connectivity index (χ0) is 24.9. The Balaban J connectivity index is 1.61. The number of carbonyl (C=O) groups is 2. The largest absolute Gasteiger partial charge is 0.497 e. The Hall–Kier alpha value is -4.83. The number of ketones is 1. The van der Waals surface area contributed by atoms with E-state index in [0.29, 0.717) is 28.1 Å². The minimum Gasteiger partial charge on any atom is -0.497 e. The summed E-state index contributed by atoms with van der Waals surface area (Å²) >= 11 is 0. The van der Waals surface area contributed by atoms with E-state index in [1.165, 1.54) is 13.2 Å². The van der Waals surface area contributed by atoms with E-state index in [4.69, 9.17) is 14.2 Å². The summed E-state index contributed by atoms with van der Waals surface area (Å²) in [7, 11) is 2.99. The molecule has 0 radical (unpaired) electrons. The Morgan fingerprint density at radius 1 is 0.943 bits per heavy atom. The number of nitrogens with one attached hydrogen (secondary N) is 1. The van der Waals surface area contributed by atoms with E-state index in [-0.39, 0.29) is 22.9 Å². The van der Waals surface area contributed by atoms with Gasteiger partial charge in [0.15, 0.2) is 11.5 Å². The Labute approximate surface area is 202 Å². The van der Waals surface area contributed by atoms with Gasteiger partial charge in [0.2, 0.25) is 5.78 Å². The first-order chi connectivity index (χ1) is 16.9. The van der Waals surface area contributed by atoms with Crippen LogP contribution in [0.4, 0.5) is 0 Å². The Morgan fingerprint density at radius 2 is 1.69 bits per heavy atom. The fourth-order valence-electron chi connectivity index (χ4n) is 3.76. The van der Waals surface area contributed by atoms with Crippen molar-refractivity contribution in [3.05, 3.63) is 94.7 Å². The number of methoxy groups -OCH3 is 2. The fraction of sp³-hybridized carbons (Fsp3) is 0.107. The summed E-state index contributed by atoms with van der Waals surface area (Å²) in [4.78, 5) is 28.9. The maximum atomic E-state index is 13.2. The minimum absolute atomic E-state index is 0.0251. The van der Waals surface area contributed by atoms with E-state index in [1.54, 1.807) is 56.5 Å². The first kappa shape index (κ1) is 23.3. The maximum absolute atomic E-state index is 13.2. The normalized spacial score (nSPS) is 11.1. The molecule has 4 aromatic rings. The number of esters is 1. The molecular formula is C28H22N2O5. The van der Waals surface area contributed by atoms with Crippen LogP contribution >= 0.6 is 0 Å². The number of hydrogen-bond acceptors (Lipinski definition) is 6. The molecule has 0 spiro atoms. The van der Waals surface area contributed by atoms with Crippen molar-refractivity contribution >= 4 is 28.7 Å². The maximum Gasteiger partial charge on any atom is 0.343 e. The Kier molecular flexibility index (Phi) is 6.65. The van der Waals surface area contributed by atoms with Gasteiger partial charge in [-0.25, -0.2) is 4.79 Å². The summed E-state index contributed by atoms with van der Waals surface area (Å²) in [5.41, 5.74) is 2.86. The number of H-pyrrole nitrogens is 1. The highest BCUT2D eigenvalue weighted by molar-refractivity contribution is 6.20. The number of aryl methyl sites for hydroxylation is 1. The predicted octanol–water partition coefficient (Wildman–Crippen LogP) is 5.50. The lowest BCUT2D eigenvalue weighted by Gasteiger charge is -2.10. The molecule has 0 amide bonds. The molecule has 4 rings (SSSR count). The summed E-state index contributed by atoms with van der Waals surface area (Å²) in [6, 6.07) is 20.8. The lowest BCUT2D eigenvalue weighted by molar-refractivity contribution is 0.0729. The predicted molar refractivity (Wildman–Crippen MR) is 132 cm³/mol. The fourth-order valence-corrected chi connectivity index (χ4v) is 3.76. The molecule has 0 bridgehead atoms. The van der Waals surface area contributed by atoms with E-state index in [1.807, 2.05) is 30.3 Å². The highest BCUT2D eigenvalue weighted by Crippen LogP contribution is 2.31. The molecule has 7 heteroatoms. The van der Waals surface area contributed by atoms with Crippen LogP contribution in [0.15, 0.2) is 72.3 Å². The van der Waals surface area contributed by atoms with Crippen LogP contribution in [0.3, 0.4) is 0 Å². The van der Waals surface area contributed by atoms with Gasteiger partial charge in [-0.15, -0.1) is 0 Å². The second-order valence-corrected chi connectivity index (χ2v) is 7.70. The number of ether oxygens (including phenoxy) is 3. The lowest BCUT2D eigenvalue weighted by Crippen LogP contribution is -2.09. The number of para-hydroxylation sites is 1. The third-order valence-corrected chi connectivity index (χ3v) is 5.51. The molecule has 0 aliphatic carbocycles. The molecule has 3 aromatic carbocycles. The number of carbonyl (C=O) groups excluding carboxylic acids is 2. The van der Waals surface area contributed by atoms with Crippen LogP contribution in [0.5, 0.6) is 17.2 Å². The van der Waals surface area contributed by atoms with Crippen LogP contribution in [0.2, 0.25) is 0 Å². The first-order valence-electron chi connectivity index (χ1n) is 10.7. The zero-order valence-electron chi connectivity index (χ0n) is 19.4. The van der Waals surface area contributed by atoms with Gasteiger partial charge in [0, 0.05) is 16.6 Å². The van der Waals surface area contributed by atoms with Crippen molar-refractivity contribution in [2.24, 2.45) is 0 Å². The second kappa shape index (κ2) is 9.98. The molecule has 1 N–H and O–H groups in total. The van der Waals surface area contributed by atoms with Crippen molar-refractivity contribution in [2.75, 3.05) is 14.2 Å². The molecule has 7 nitrogen and oxygen atoms in total. The molecule has 0 fully saturated rings. The Morgan fingerprint density at radius 3 is 2.37 bits per heavy atom. The third kappa shape index (κ3) is 4.77.